The Kier molecular flexibility index (Phi) is 6.47. The van der Waals surface area contributed by atoms with Crippen molar-refractivity contribution in [2.24, 2.45) is 0 Å². The molecule has 0 aliphatic carbocycles. The molecule has 164 valence electrons. The summed E-state index contributed by atoms with van der Waals surface area (Å²) in [4.78, 5) is 34.0. The van der Waals surface area contributed by atoms with E-state index in [1.165, 1.54) is 15.9 Å². The number of halogens is 2. The predicted octanol–water partition coefficient (Wildman–Crippen LogP) is 4.24. The van der Waals surface area contributed by atoms with Crippen LogP contribution in [-0.2, 0) is 11.3 Å². The normalized spacial score (nSPS) is 11.1. The number of hydrazine groups is 1. The topological polar surface area (TPSA) is 88.9 Å². The fourth-order valence-corrected chi connectivity index (χ4v) is 4.62. The number of thioether (sulfide) groups is 1. The van der Waals surface area contributed by atoms with Crippen molar-refractivity contribution in [2.75, 3.05) is 0 Å². The summed E-state index contributed by atoms with van der Waals surface area (Å²) in [6.07, 6.45) is 0. The summed E-state index contributed by atoms with van der Waals surface area (Å²) < 4.78 is 27.2. The summed E-state index contributed by atoms with van der Waals surface area (Å²) in [6.45, 7) is 1.43. The zero-order valence-corrected chi connectivity index (χ0v) is 18.3. The number of carbonyl (C=O) groups is 2. The maximum absolute atomic E-state index is 12.9. The number of para-hydroxylation sites is 2. The smallest absolute Gasteiger partial charge is 0.291 e. The molecule has 2 heterocycles. The monoisotopic (exact) mass is 473 g/mol. The fraction of sp³-hybridized carbons (Fsp3) is 0.143. The molecule has 0 atom stereocenters. The molecule has 7 nitrogen and oxygen atoms in total. The molecule has 4 aromatic rings. The van der Waals surface area contributed by atoms with Gasteiger partial charge in [-0.1, -0.05) is 42.5 Å². The molecule has 0 spiro atoms. The molecule has 0 saturated heterocycles. The summed E-state index contributed by atoms with van der Waals surface area (Å²) in [5.41, 5.74) is 7.18. The highest BCUT2D eigenvalue weighted by molar-refractivity contribution is 7.99. The molecule has 0 fully saturated rings. The maximum Gasteiger partial charge on any atom is 0.291 e. The zero-order chi connectivity index (χ0) is 22.7. The van der Waals surface area contributed by atoms with E-state index in [0.717, 1.165) is 5.56 Å². The largest absolute Gasteiger partial charge is 0.309 e. The Bertz CT molecular complexity index is 1270. The van der Waals surface area contributed by atoms with Gasteiger partial charge in [0, 0.05) is 5.56 Å². The van der Waals surface area contributed by atoms with E-state index >= 15 is 0 Å². The quantitative estimate of drug-likeness (QED) is 0.323. The molecule has 2 aromatic heterocycles. The minimum Gasteiger partial charge on any atom is -0.309 e. The first-order valence-corrected chi connectivity index (χ1v) is 11.1. The second-order valence-corrected chi connectivity index (χ2v) is 8.61. The molecule has 0 aliphatic rings. The first-order valence-electron chi connectivity index (χ1n) is 9.44. The van der Waals surface area contributed by atoms with Gasteiger partial charge in [-0.15, -0.1) is 11.3 Å². The molecular weight excluding hydrogens is 456 g/mol. The van der Waals surface area contributed by atoms with Gasteiger partial charge in [-0.2, -0.15) is 8.78 Å². The van der Waals surface area contributed by atoms with Crippen molar-refractivity contribution < 1.29 is 18.4 Å². The standard InChI is InChI=1S/C21H17F2N5O2S2/c1-12-17(31-19(24-12)13-7-3-2-4-8-13)18(30)27-26-16(29)11-28-15-10-6-5-9-14(15)25-21(28)32-20(22)23/h2-10,20H,11H2,1H3,(H,26,29)(H,27,30). The number of imidazole rings is 1. The van der Waals surface area contributed by atoms with Gasteiger partial charge in [0.25, 0.3) is 17.6 Å². The number of alkyl halides is 2. The Hall–Kier alpha value is -3.31. The number of hydrogen-bond acceptors (Lipinski definition) is 6. The van der Waals surface area contributed by atoms with Crippen molar-refractivity contribution in [1.29, 1.82) is 0 Å². The first kappa shape index (κ1) is 21.9. The summed E-state index contributed by atoms with van der Waals surface area (Å²) in [5.74, 6) is -3.77. The zero-order valence-electron chi connectivity index (χ0n) is 16.7. The van der Waals surface area contributed by atoms with E-state index in [2.05, 4.69) is 20.8 Å². The van der Waals surface area contributed by atoms with Crippen LogP contribution in [0.25, 0.3) is 21.6 Å². The van der Waals surface area contributed by atoms with Crippen LogP contribution in [0.5, 0.6) is 0 Å². The van der Waals surface area contributed by atoms with Crippen molar-refractivity contribution in [3.63, 3.8) is 0 Å². The summed E-state index contributed by atoms with van der Waals surface area (Å²) in [5, 5.41) is 0.714. The summed E-state index contributed by atoms with van der Waals surface area (Å²) in [7, 11) is 0. The first-order chi connectivity index (χ1) is 15.4. The van der Waals surface area contributed by atoms with Crippen LogP contribution in [0.2, 0.25) is 0 Å². The molecular formula is C21H17F2N5O2S2. The van der Waals surface area contributed by atoms with E-state index in [0.29, 0.717) is 26.6 Å². The SMILES string of the molecule is Cc1nc(-c2ccccc2)sc1C(=O)NNC(=O)Cn1c(SC(F)F)nc2ccccc21. The third kappa shape index (κ3) is 4.78. The average Bonchev–Trinajstić information content (AvgIpc) is 3.33. The highest BCUT2D eigenvalue weighted by Gasteiger charge is 2.19. The lowest BCUT2D eigenvalue weighted by molar-refractivity contribution is -0.122. The van der Waals surface area contributed by atoms with E-state index in [4.69, 9.17) is 0 Å². The van der Waals surface area contributed by atoms with E-state index in [9.17, 15) is 18.4 Å². The summed E-state index contributed by atoms with van der Waals surface area (Å²) >= 11 is 1.47. The number of nitrogens with zero attached hydrogens (tertiary/aromatic N) is 3. The number of rotatable bonds is 6. The van der Waals surface area contributed by atoms with Crippen molar-refractivity contribution >= 4 is 45.9 Å². The van der Waals surface area contributed by atoms with Gasteiger partial charge in [-0.05, 0) is 30.8 Å². The number of carbonyl (C=O) groups excluding carboxylic acids is 2. The Labute approximate surface area is 189 Å². The van der Waals surface area contributed by atoms with Gasteiger partial charge < -0.3 is 4.57 Å². The third-order valence-corrected chi connectivity index (χ3v) is 6.36. The van der Waals surface area contributed by atoms with Crippen molar-refractivity contribution in [3.8, 4) is 10.6 Å². The molecule has 0 aliphatic heterocycles. The van der Waals surface area contributed by atoms with Crippen molar-refractivity contribution in [3.05, 3.63) is 65.2 Å². The van der Waals surface area contributed by atoms with Crippen molar-refractivity contribution in [2.45, 2.75) is 24.4 Å². The van der Waals surface area contributed by atoms with Gasteiger partial charge in [0.1, 0.15) is 16.4 Å². The second-order valence-electron chi connectivity index (χ2n) is 6.65. The molecule has 2 N–H and O–H groups in total. The molecule has 0 saturated carbocycles. The van der Waals surface area contributed by atoms with Gasteiger partial charge >= 0.3 is 0 Å². The number of hydrogen-bond donors (Lipinski definition) is 2. The van der Waals surface area contributed by atoms with Gasteiger partial charge in [-0.25, -0.2) is 9.97 Å². The number of aromatic nitrogens is 3. The number of aryl methyl sites for hydroxylation is 1. The van der Waals surface area contributed by atoms with Crippen LogP contribution >= 0.6 is 23.1 Å². The third-order valence-electron chi connectivity index (χ3n) is 4.45. The van der Waals surface area contributed by atoms with Crippen LogP contribution < -0.4 is 10.9 Å². The highest BCUT2D eigenvalue weighted by Crippen LogP contribution is 2.29. The molecule has 2 amide bonds. The average molecular weight is 474 g/mol. The van der Waals surface area contributed by atoms with Crippen LogP contribution in [0.3, 0.4) is 0 Å². The van der Waals surface area contributed by atoms with Crippen LogP contribution in [0.4, 0.5) is 8.78 Å². The van der Waals surface area contributed by atoms with E-state index < -0.39 is 17.6 Å². The number of thiazole rings is 1. The number of nitrogens with one attached hydrogen (secondary N) is 2. The van der Waals surface area contributed by atoms with Crippen LogP contribution in [-0.4, -0.2) is 32.1 Å². The Morgan fingerprint density at radius 2 is 1.78 bits per heavy atom. The number of fused-ring (bicyclic) bond motifs is 1. The molecule has 2 aromatic carbocycles. The fourth-order valence-electron chi connectivity index (χ4n) is 3.05. The lowest BCUT2D eigenvalue weighted by Crippen LogP contribution is -2.43. The van der Waals surface area contributed by atoms with Gasteiger partial charge in [0.15, 0.2) is 5.16 Å². The molecule has 0 unspecified atom stereocenters. The second kappa shape index (κ2) is 9.45. The lowest BCUT2D eigenvalue weighted by Gasteiger charge is -2.10. The molecule has 32 heavy (non-hydrogen) atoms. The molecule has 0 radical (unpaired) electrons. The maximum atomic E-state index is 12.9. The Morgan fingerprint density at radius 1 is 1.06 bits per heavy atom. The van der Waals surface area contributed by atoms with Gasteiger partial charge in [0.05, 0.1) is 16.7 Å². The lowest BCUT2D eigenvalue weighted by atomic mass is 10.2. The predicted molar refractivity (Wildman–Crippen MR) is 119 cm³/mol. The molecule has 4 rings (SSSR count). The van der Waals surface area contributed by atoms with E-state index in [1.807, 2.05) is 30.3 Å². The Balaban J connectivity index is 1.45. The number of benzene rings is 2. The van der Waals surface area contributed by atoms with Crippen LogP contribution in [0, 0.1) is 6.92 Å². The number of amides is 2. The van der Waals surface area contributed by atoms with Crippen LogP contribution in [0.15, 0.2) is 59.8 Å². The molecule has 0 bridgehead atoms. The van der Waals surface area contributed by atoms with E-state index in [-0.39, 0.29) is 23.5 Å². The molecule has 11 heteroatoms. The highest BCUT2D eigenvalue weighted by atomic mass is 32.2. The van der Waals surface area contributed by atoms with E-state index in [1.54, 1.807) is 31.2 Å². The minimum absolute atomic E-state index is 0.0217. The van der Waals surface area contributed by atoms with Gasteiger partial charge in [0.2, 0.25) is 0 Å². The Morgan fingerprint density at radius 3 is 2.53 bits per heavy atom. The van der Waals surface area contributed by atoms with Gasteiger partial charge in [-0.3, -0.25) is 20.4 Å². The van der Waals surface area contributed by atoms with Crippen LogP contribution in [0.1, 0.15) is 15.4 Å². The summed E-state index contributed by atoms with van der Waals surface area (Å²) in [6, 6.07) is 16.3. The minimum atomic E-state index is -2.68. The van der Waals surface area contributed by atoms with Crippen molar-refractivity contribution in [1.82, 2.24) is 25.4 Å².